The van der Waals surface area contributed by atoms with Crippen molar-refractivity contribution in [3.05, 3.63) is 35.9 Å². The van der Waals surface area contributed by atoms with Gasteiger partial charge in [0.2, 0.25) is 0 Å². The number of rotatable bonds is 1. The van der Waals surface area contributed by atoms with Gasteiger partial charge in [0.1, 0.15) is 6.10 Å². The number of ether oxygens (including phenoxy) is 3. The predicted molar refractivity (Wildman–Crippen MR) is 60.1 cm³/mol. The van der Waals surface area contributed by atoms with E-state index >= 15 is 0 Å². The van der Waals surface area contributed by atoms with Crippen LogP contribution in [0.4, 0.5) is 0 Å². The Morgan fingerprint density at radius 3 is 2.65 bits per heavy atom. The molecule has 4 nitrogen and oxygen atoms in total. The van der Waals surface area contributed by atoms with Crippen LogP contribution in [0.2, 0.25) is 0 Å². The maximum absolute atomic E-state index is 9.83. The highest BCUT2D eigenvalue weighted by atomic mass is 16.8. The Morgan fingerprint density at radius 1 is 1.24 bits per heavy atom. The fourth-order valence-corrected chi connectivity index (χ4v) is 2.65. The third-order valence-electron chi connectivity index (χ3n) is 3.29. The van der Waals surface area contributed by atoms with Crippen LogP contribution in [0.25, 0.3) is 0 Å². The van der Waals surface area contributed by atoms with Gasteiger partial charge in [-0.3, -0.25) is 0 Å². The molecule has 2 aliphatic heterocycles. The molecule has 2 heterocycles. The standard InChI is InChI=1S/C13H16O4/c1-12(2)16-10-11(14)15-8-13(10,17-12)9-6-4-3-5-7-9/h3-7,10-11,14H,8H2,1-2H3/t10-,11+,13-/m0/s1. The third kappa shape index (κ3) is 1.60. The second-order valence-corrected chi connectivity index (χ2v) is 5.00. The van der Waals surface area contributed by atoms with Crippen molar-refractivity contribution in [2.45, 2.75) is 37.6 Å². The van der Waals surface area contributed by atoms with Gasteiger partial charge >= 0.3 is 0 Å². The summed E-state index contributed by atoms with van der Waals surface area (Å²) in [7, 11) is 0. The first kappa shape index (κ1) is 11.2. The van der Waals surface area contributed by atoms with Crippen LogP contribution in [0.3, 0.4) is 0 Å². The first-order valence-corrected chi connectivity index (χ1v) is 5.77. The van der Waals surface area contributed by atoms with Crippen molar-refractivity contribution in [3.8, 4) is 0 Å². The largest absolute Gasteiger partial charge is 0.366 e. The van der Waals surface area contributed by atoms with Gasteiger partial charge in [-0.2, -0.15) is 0 Å². The zero-order valence-electron chi connectivity index (χ0n) is 9.92. The first-order valence-electron chi connectivity index (χ1n) is 5.77. The first-order chi connectivity index (χ1) is 8.04. The molecule has 3 rings (SSSR count). The molecule has 2 saturated heterocycles. The Balaban J connectivity index is 2.05. The van der Waals surface area contributed by atoms with Crippen LogP contribution >= 0.6 is 0 Å². The summed E-state index contributed by atoms with van der Waals surface area (Å²) in [5.74, 6) is -0.703. The van der Waals surface area contributed by atoms with Crippen molar-refractivity contribution < 1.29 is 19.3 Å². The van der Waals surface area contributed by atoms with Crippen LogP contribution < -0.4 is 0 Å². The third-order valence-corrected chi connectivity index (χ3v) is 3.29. The number of aliphatic hydroxyl groups excluding tert-OH is 1. The van der Waals surface area contributed by atoms with Gasteiger partial charge in [-0.05, 0) is 19.4 Å². The molecule has 0 saturated carbocycles. The molecule has 92 valence electrons. The average Bonchev–Trinajstić information content (AvgIpc) is 2.75. The lowest BCUT2D eigenvalue weighted by atomic mass is 9.90. The number of aliphatic hydroxyl groups is 1. The molecule has 0 spiro atoms. The van der Waals surface area contributed by atoms with Crippen molar-refractivity contribution in [3.63, 3.8) is 0 Å². The summed E-state index contributed by atoms with van der Waals surface area (Å²) in [5, 5.41) is 9.83. The van der Waals surface area contributed by atoms with Gasteiger partial charge in [-0.25, -0.2) is 0 Å². The van der Waals surface area contributed by atoms with Crippen LogP contribution in [0.15, 0.2) is 30.3 Å². The van der Waals surface area contributed by atoms with Crippen LogP contribution in [0.5, 0.6) is 0 Å². The molecule has 0 aromatic heterocycles. The van der Waals surface area contributed by atoms with Crippen LogP contribution in [-0.2, 0) is 19.8 Å². The molecule has 0 unspecified atom stereocenters. The minimum absolute atomic E-state index is 0.312. The number of hydrogen-bond acceptors (Lipinski definition) is 4. The highest BCUT2D eigenvalue weighted by Gasteiger charge is 2.61. The van der Waals surface area contributed by atoms with Gasteiger partial charge in [-0.15, -0.1) is 0 Å². The van der Waals surface area contributed by atoms with Crippen molar-refractivity contribution in [1.82, 2.24) is 0 Å². The molecule has 2 fully saturated rings. The minimum Gasteiger partial charge on any atom is -0.366 e. The summed E-state index contributed by atoms with van der Waals surface area (Å²) < 4.78 is 17.0. The molecule has 1 aromatic rings. The lowest BCUT2D eigenvalue weighted by Gasteiger charge is -2.27. The zero-order valence-corrected chi connectivity index (χ0v) is 9.92. The van der Waals surface area contributed by atoms with Gasteiger partial charge in [-0.1, -0.05) is 30.3 Å². The van der Waals surface area contributed by atoms with E-state index in [1.54, 1.807) is 0 Å². The number of fused-ring (bicyclic) bond motifs is 1. The van der Waals surface area contributed by atoms with E-state index in [0.29, 0.717) is 6.61 Å². The Kier molecular flexibility index (Phi) is 2.32. The van der Waals surface area contributed by atoms with Gasteiger partial charge in [0.05, 0.1) is 6.61 Å². The highest BCUT2D eigenvalue weighted by molar-refractivity contribution is 5.27. The summed E-state index contributed by atoms with van der Waals surface area (Å²) in [6.45, 7) is 4.01. The highest BCUT2D eigenvalue weighted by Crippen LogP contribution is 2.48. The van der Waals surface area contributed by atoms with Crippen LogP contribution in [-0.4, -0.2) is 29.9 Å². The maximum atomic E-state index is 9.83. The summed E-state index contributed by atoms with van der Waals surface area (Å²) in [6.07, 6.45) is -1.41. The van der Waals surface area contributed by atoms with E-state index in [-0.39, 0.29) is 0 Å². The van der Waals surface area contributed by atoms with Crippen LogP contribution in [0, 0.1) is 0 Å². The molecule has 4 heteroatoms. The Bertz CT molecular complexity index is 417. The molecule has 0 amide bonds. The summed E-state index contributed by atoms with van der Waals surface area (Å²) in [6, 6.07) is 9.78. The molecule has 3 atom stereocenters. The van der Waals surface area contributed by atoms with Crippen molar-refractivity contribution in [2.75, 3.05) is 6.61 Å². The average molecular weight is 236 g/mol. The predicted octanol–water partition coefficient (Wildman–Crippen LogP) is 1.38. The molecule has 1 aromatic carbocycles. The molecule has 1 N–H and O–H groups in total. The van der Waals surface area contributed by atoms with E-state index in [2.05, 4.69) is 0 Å². The molecule has 2 aliphatic rings. The van der Waals surface area contributed by atoms with Crippen molar-refractivity contribution in [2.24, 2.45) is 0 Å². The number of benzene rings is 1. The van der Waals surface area contributed by atoms with Gasteiger partial charge in [0.25, 0.3) is 0 Å². The Hall–Kier alpha value is -0.940. The van der Waals surface area contributed by atoms with E-state index < -0.39 is 23.8 Å². The Morgan fingerprint density at radius 2 is 1.94 bits per heavy atom. The lowest BCUT2D eigenvalue weighted by Crippen LogP contribution is -2.38. The van der Waals surface area contributed by atoms with Gasteiger partial charge in [0, 0.05) is 0 Å². The van der Waals surface area contributed by atoms with E-state index in [4.69, 9.17) is 14.2 Å². The topological polar surface area (TPSA) is 47.9 Å². The summed E-state index contributed by atoms with van der Waals surface area (Å²) in [5.41, 5.74) is 0.289. The van der Waals surface area contributed by atoms with E-state index in [1.165, 1.54) is 0 Å². The van der Waals surface area contributed by atoms with Crippen LogP contribution in [0.1, 0.15) is 19.4 Å². The molecule has 0 radical (unpaired) electrons. The molecule has 0 bridgehead atoms. The normalized spacial score (nSPS) is 39.2. The van der Waals surface area contributed by atoms with Gasteiger partial charge < -0.3 is 19.3 Å². The smallest absolute Gasteiger partial charge is 0.184 e. The molecule has 0 aliphatic carbocycles. The fraction of sp³-hybridized carbons (Fsp3) is 0.538. The van der Waals surface area contributed by atoms with E-state index in [1.807, 2.05) is 44.2 Å². The maximum Gasteiger partial charge on any atom is 0.184 e. The van der Waals surface area contributed by atoms with Crippen molar-refractivity contribution >= 4 is 0 Å². The molecular weight excluding hydrogens is 220 g/mol. The molecular formula is C13H16O4. The SMILES string of the molecule is CC1(C)O[C@H]2[C@H](O)OC[C@@]2(c2ccccc2)O1. The molecule has 17 heavy (non-hydrogen) atoms. The summed E-state index contributed by atoms with van der Waals surface area (Å²) >= 11 is 0. The van der Waals surface area contributed by atoms with Gasteiger partial charge in [0.15, 0.2) is 17.7 Å². The number of hydrogen-bond donors (Lipinski definition) is 1. The minimum atomic E-state index is -0.933. The lowest BCUT2D eigenvalue weighted by molar-refractivity contribution is -0.214. The second-order valence-electron chi connectivity index (χ2n) is 5.00. The quantitative estimate of drug-likeness (QED) is 0.800. The fourth-order valence-electron chi connectivity index (χ4n) is 2.65. The zero-order chi connectivity index (χ0) is 12.1. The van der Waals surface area contributed by atoms with E-state index in [0.717, 1.165) is 5.56 Å². The summed E-state index contributed by atoms with van der Waals surface area (Å²) in [4.78, 5) is 0. The second kappa shape index (κ2) is 3.53. The Labute approximate surface area is 100 Å². The monoisotopic (exact) mass is 236 g/mol. The van der Waals surface area contributed by atoms with Crippen molar-refractivity contribution in [1.29, 1.82) is 0 Å². The van der Waals surface area contributed by atoms with E-state index in [9.17, 15) is 5.11 Å².